The third-order valence-corrected chi connectivity index (χ3v) is 2.87. The normalized spacial score (nSPS) is 20.1. The summed E-state index contributed by atoms with van der Waals surface area (Å²) < 4.78 is 10.3. The fourth-order valence-electron chi connectivity index (χ4n) is 1.99. The Morgan fingerprint density at radius 3 is 2.64 bits per heavy atom. The maximum Gasteiger partial charge on any atom is 0.0801 e. The van der Waals surface area contributed by atoms with Crippen LogP contribution in [0.3, 0.4) is 0 Å². The molecule has 0 amide bonds. The maximum absolute atomic E-state index is 9.75. The minimum Gasteiger partial charge on any atom is -0.390 e. The lowest BCUT2D eigenvalue weighted by Gasteiger charge is -2.17. The minimum atomic E-state index is -0.250. The predicted octanol–water partition coefficient (Wildman–Crippen LogP) is 1.59. The van der Waals surface area contributed by atoms with Gasteiger partial charge in [0.05, 0.1) is 12.7 Å². The zero-order chi connectivity index (χ0) is 10.2. The largest absolute Gasteiger partial charge is 0.390 e. The van der Waals surface area contributed by atoms with E-state index in [9.17, 15) is 5.11 Å². The van der Waals surface area contributed by atoms with Crippen LogP contribution < -0.4 is 0 Å². The Balaban J connectivity index is 1.94. The number of hydrogen-bond acceptors (Lipinski definition) is 3. The molecule has 14 heavy (non-hydrogen) atoms. The highest BCUT2D eigenvalue weighted by Gasteiger charge is 2.22. The van der Waals surface area contributed by atoms with Gasteiger partial charge in [-0.3, -0.25) is 0 Å². The van der Waals surface area contributed by atoms with Crippen LogP contribution in [-0.2, 0) is 9.47 Å². The van der Waals surface area contributed by atoms with Crippen LogP contribution in [0.25, 0.3) is 0 Å². The van der Waals surface area contributed by atoms with Crippen molar-refractivity contribution in [3.8, 4) is 0 Å². The minimum absolute atomic E-state index is 0.250. The molecule has 1 atom stereocenters. The van der Waals surface area contributed by atoms with Crippen molar-refractivity contribution >= 4 is 0 Å². The molecule has 1 N–H and O–H groups in total. The molecule has 0 aromatic carbocycles. The van der Waals surface area contributed by atoms with Crippen LogP contribution in [0.4, 0.5) is 0 Å². The molecule has 0 aromatic heterocycles. The quantitative estimate of drug-likeness (QED) is 0.637. The second-order valence-corrected chi connectivity index (χ2v) is 4.03. The number of ether oxygens (including phenoxy) is 2. The van der Waals surface area contributed by atoms with E-state index >= 15 is 0 Å². The predicted molar refractivity (Wildman–Crippen MR) is 55.3 cm³/mol. The summed E-state index contributed by atoms with van der Waals surface area (Å²) in [6.07, 6.45) is 5.54. The van der Waals surface area contributed by atoms with Crippen LogP contribution in [0.5, 0.6) is 0 Å². The number of aliphatic hydroxyl groups excluding tert-OH is 1. The summed E-state index contributed by atoms with van der Waals surface area (Å²) in [5.41, 5.74) is 0. The Kier molecular flexibility index (Phi) is 6.15. The first-order valence-electron chi connectivity index (χ1n) is 5.59. The molecule has 0 spiro atoms. The van der Waals surface area contributed by atoms with Gasteiger partial charge < -0.3 is 14.6 Å². The smallest absolute Gasteiger partial charge is 0.0801 e. The third kappa shape index (κ3) is 4.40. The molecular formula is C11H22O3. The molecule has 0 bridgehead atoms. The summed E-state index contributed by atoms with van der Waals surface area (Å²) in [5.74, 6) is 0.484. The van der Waals surface area contributed by atoms with E-state index in [2.05, 4.69) is 0 Å². The molecule has 3 heteroatoms. The topological polar surface area (TPSA) is 38.7 Å². The lowest BCUT2D eigenvalue weighted by molar-refractivity contribution is 0.00116. The fourth-order valence-corrected chi connectivity index (χ4v) is 1.99. The van der Waals surface area contributed by atoms with Gasteiger partial charge in [0.15, 0.2) is 0 Å². The fraction of sp³-hybridized carbons (Fsp3) is 1.00. The first-order chi connectivity index (χ1) is 6.84. The molecule has 0 heterocycles. The summed E-state index contributed by atoms with van der Waals surface area (Å²) in [4.78, 5) is 0. The lowest BCUT2D eigenvalue weighted by Crippen LogP contribution is -2.24. The Morgan fingerprint density at radius 2 is 2.00 bits per heavy atom. The monoisotopic (exact) mass is 202 g/mol. The number of rotatable bonds is 7. The standard InChI is InChI=1S/C11H22O3/c1-13-7-4-8-14-9-11(12)10-5-2-3-6-10/h10-12H,2-9H2,1H3. The van der Waals surface area contributed by atoms with E-state index in [4.69, 9.17) is 9.47 Å². The lowest BCUT2D eigenvalue weighted by atomic mass is 10.0. The average Bonchev–Trinajstić information content (AvgIpc) is 2.70. The molecule has 0 aliphatic heterocycles. The van der Waals surface area contributed by atoms with Crippen molar-refractivity contribution in [2.45, 2.75) is 38.2 Å². The third-order valence-electron chi connectivity index (χ3n) is 2.87. The zero-order valence-corrected chi connectivity index (χ0v) is 9.08. The van der Waals surface area contributed by atoms with Crippen molar-refractivity contribution in [3.05, 3.63) is 0 Å². The Bertz CT molecular complexity index is 132. The van der Waals surface area contributed by atoms with Gasteiger partial charge >= 0.3 is 0 Å². The summed E-state index contributed by atoms with van der Waals surface area (Å²) in [7, 11) is 1.69. The molecule has 0 radical (unpaired) electrons. The van der Waals surface area contributed by atoms with Gasteiger partial charge in [0.1, 0.15) is 0 Å². The average molecular weight is 202 g/mol. The SMILES string of the molecule is COCCCOCC(O)C1CCCC1. The van der Waals surface area contributed by atoms with Crippen LogP contribution in [0.2, 0.25) is 0 Å². The van der Waals surface area contributed by atoms with Crippen molar-refractivity contribution < 1.29 is 14.6 Å². The van der Waals surface area contributed by atoms with Crippen LogP contribution in [0.1, 0.15) is 32.1 Å². The van der Waals surface area contributed by atoms with Gasteiger partial charge in [0, 0.05) is 20.3 Å². The van der Waals surface area contributed by atoms with Crippen molar-refractivity contribution in [2.24, 2.45) is 5.92 Å². The van der Waals surface area contributed by atoms with Crippen molar-refractivity contribution in [1.29, 1.82) is 0 Å². The Morgan fingerprint density at radius 1 is 1.29 bits per heavy atom. The molecule has 0 saturated heterocycles. The molecule has 1 aliphatic rings. The molecule has 1 unspecified atom stereocenters. The first-order valence-corrected chi connectivity index (χ1v) is 5.59. The molecule has 1 fully saturated rings. The van der Waals surface area contributed by atoms with Crippen LogP contribution >= 0.6 is 0 Å². The second-order valence-electron chi connectivity index (χ2n) is 4.03. The van der Waals surface area contributed by atoms with Crippen LogP contribution in [0, 0.1) is 5.92 Å². The molecule has 1 rings (SSSR count). The van der Waals surface area contributed by atoms with Crippen molar-refractivity contribution in [2.75, 3.05) is 26.9 Å². The van der Waals surface area contributed by atoms with Gasteiger partial charge in [0.2, 0.25) is 0 Å². The van der Waals surface area contributed by atoms with E-state index in [1.165, 1.54) is 25.7 Å². The van der Waals surface area contributed by atoms with Gasteiger partial charge in [-0.15, -0.1) is 0 Å². The zero-order valence-electron chi connectivity index (χ0n) is 9.08. The maximum atomic E-state index is 9.75. The van der Waals surface area contributed by atoms with E-state index < -0.39 is 0 Å². The Hall–Kier alpha value is -0.120. The summed E-state index contributed by atoms with van der Waals surface area (Å²) in [6.45, 7) is 1.92. The Labute approximate surface area is 86.4 Å². The molecule has 1 aliphatic carbocycles. The summed E-state index contributed by atoms with van der Waals surface area (Å²) in [6, 6.07) is 0. The van der Waals surface area contributed by atoms with Gasteiger partial charge in [-0.25, -0.2) is 0 Å². The van der Waals surface area contributed by atoms with Gasteiger partial charge in [-0.05, 0) is 25.2 Å². The first kappa shape index (κ1) is 12.0. The highest BCUT2D eigenvalue weighted by molar-refractivity contribution is 4.74. The van der Waals surface area contributed by atoms with Gasteiger partial charge in [0.25, 0.3) is 0 Å². The number of hydrogen-bond donors (Lipinski definition) is 1. The highest BCUT2D eigenvalue weighted by Crippen LogP contribution is 2.27. The number of methoxy groups -OCH3 is 1. The molecular weight excluding hydrogens is 180 g/mol. The van der Waals surface area contributed by atoms with E-state index in [1.807, 2.05) is 0 Å². The van der Waals surface area contributed by atoms with Crippen molar-refractivity contribution in [3.63, 3.8) is 0 Å². The molecule has 84 valence electrons. The second kappa shape index (κ2) is 7.21. The summed E-state index contributed by atoms with van der Waals surface area (Å²) >= 11 is 0. The van der Waals surface area contributed by atoms with E-state index in [1.54, 1.807) is 7.11 Å². The number of aliphatic hydroxyl groups is 1. The van der Waals surface area contributed by atoms with Crippen molar-refractivity contribution in [1.82, 2.24) is 0 Å². The van der Waals surface area contributed by atoms with Gasteiger partial charge in [-0.2, -0.15) is 0 Å². The van der Waals surface area contributed by atoms with Crippen LogP contribution in [-0.4, -0.2) is 38.1 Å². The van der Waals surface area contributed by atoms with E-state index in [0.29, 0.717) is 19.1 Å². The van der Waals surface area contributed by atoms with Crippen LogP contribution in [0.15, 0.2) is 0 Å². The molecule has 0 aromatic rings. The van der Waals surface area contributed by atoms with Gasteiger partial charge in [-0.1, -0.05) is 12.8 Å². The molecule has 1 saturated carbocycles. The summed E-state index contributed by atoms with van der Waals surface area (Å²) in [5, 5.41) is 9.75. The van der Waals surface area contributed by atoms with E-state index in [0.717, 1.165) is 13.0 Å². The van der Waals surface area contributed by atoms with E-state index in [-0.39, 0.29) is 6.10 Å². The molecule has 3 nitrogen and oxygen atoms in total. The highest BCUT2D eigenvalue weighted by atomic mass is 16.5.